The van der Waals surface area contributed by atoms with E-state index in [1.54, 1.807) is 19.1 Å². The molecule has 0 amide bonds. The molecule has 8 nitrogen and oxygen atoms in total. The Kier molecular flexibility index (Phi) is 2.94. The van der Waals surface area contributed by atoms with E-state index in [9.17, 15) is 10.1 Å². The van der Waals surface area contributed by atoms with Crippen LogP contribution in [0.4, 0.5) is 11.5 Å². The molecular formula is C10H8N6O2. The largest absolute Gasteiger partial charge is 0.275 e. The van der Waals surface area contributed by atoms with Gasteiger partial charge in [0.05, 0.1) is 10.6 Å². The van der Waals surface area contributed by atoms with Crippen molar-refractivity contribution in [3.8, 4) is 11.3 Å². The van der Waals surface area contributed by atoms with Crippen molar-refractivity contribution in [2.24, 2.45) is 5.11 Å². The Hall–Kier alpha value is -2.86. The molecule has 2 aromatic rings. The molecule has 1 aromatic heterocycles. The van der Waals surface area contributed by atoms with E-state index in [4.69, 9.17) is 5.53 Å². The fourth-order valence-corrected chi connectivity index (χ4v) is 1.52. The molecule has 1 aromatic carbocycles. The number of rotatable bonds is 3. The summed E-state index contributed by atoms with van der Waals surface area (Å²) in [5.74, 6) is 0.260. The third-order valence-electron chi connectivity index (χ3n) is 2.42. The number of hydrogen-bond acceptors (Lipinski definition) is 4. The van der Waals surface area contributed by atoms with Crippen LogP contribution in [0.2, 0.25) is 0 Å². The predicted octanol–water partition coefficient (Wildman–Crippen LogP) is 3.24. The van der Waals surface area contributed by atoms with Gasteiger partial charge in [-0.2, -0.15) is 5.10 Å². The molecule has 0 saturated carbocycles. The normalized spacial score (nSPS) is 9.83. The molecule has 0 spiro atoms. The van der Waals surface area contributed by atoms with Gasteiger partial charge >= 0.3 is 0 Å². The molecule has 0 radical (unpaired) electrons. The van der Waals surface area contributed by atoms with E-state index in [1.165, 1.54) is 12.1 Å². The molecule has 0 aliphatic heterocycles. The van der Waals surface area contributed by atoms with Crippen LogP contribution in [0.1, 0.15) is 5.56 Å². The van der Waals surface area contributed by atoms with Gasteiger partial charge in [0, 0.05) is 22.1 Å². The van der Waals surface area contributed by atoms with Gasteiger partial charge in [0.2, 0.25) is 0 Å². The summed E-state index contributed by atoms with van der Waals surface area (Å²) in [5, 5.41) is 20.6. The molecule has 0 fully saturated rings. The number of benzene rings is 1. The molecule has 0 aliphatic carbocycles. The summed E-state index contributed by atoms with van der Waals surface area (Å²) in [7, 11) is 0. The molecule has 1 heterocycles. The number of nitro benzene ring substituents is 1. The summed E-state index contributed by atoms with van der Waals surface area (Å²) in [6.45, 7) is 1.66. The fourth-order valence-electron chi connectivity index (χ4n) is 1.52. The van der Waals surface area contributed by atoms with Crippen LogP contribution < -0.4 is 0 Å². The van der Waals surface area contributed by atoms with Crippen LogP contribution in [0.3, 0.4) is 0 Å². The van der Waals surface area contributed by atoms with Crippen LogP contribution in [0.15, 0.2) is 29.4 Å². The number of aromatic nitrogens is 2. The molecule has 8 heteroatoms. The Balaban J connectivity index is 2.47. The average molecular weight is 244 g/mol. The highest BCUT2D eigenvalue weighted by atomic mass is 16.6. The Morgan fingerprint density at radius 1 is 1.50 bits per heavy atom. The van der Waals surface area contributed by atoms with Crippen LogP contribution in [0.5, 0.6) is 0 Å². The third-order valence-corrected chi connectivity index (χ3v) is 2.42. The van der Waals surface area contributed by atoms with Crippen LogP contribution in [0.25, 0.3) is 21.7 Å². The number of aromatic amines is 1. The van der Waals surface area contributed by atoms with E-state index in [0.717, 1.165) is 0 Å². The van der Waals surface area contributed by atoms with Crippen molar-refractivity contribution in [1.29, 1.82) is 0 Å². The van der Waals surface area contributed by atoms with Crippen molar-refractivity contribution < 1.29 is 4.92 Å². The van der Waals surface area contributed by atoms with Gasteiger partial charge < -0.3 is 0 Å². The quantitative estimate of drug-likeness (QED) is 0.293. The second-order valence-corrected chi connectivity index (χ2v) is 3.59. The van der Waals surface area contributed by atoms with E-state index in [1.807, 2.05) is 0 Å². The molecule has 1 N–H and O–H groups in total. The van der Waals surface area contributed by atoms with E-state index in [2.05, 4.69) is 20.2 Å². The molecule has 0 bridgehead atoms. The highest BCUT2D eigenvalue weighted by Crippen LogP contribution is 2.27. The first-order valence-electron chi connectivity index (χ1n) is 4.97. The van der Waals surface area contributed by atoms with Gasteiger partial charge in [-0.1, -0.05) is 12.1 Å². The number of nitrogens with one attached hydrogen (secondary N) is 1. The zero-order valence-electron chi connectivity index (χ0n) is 9.36. The average Bonchev–Trinajstić information content (AvgIpc) is 2.78. The number of nitro groups is 1. The number of hydrogen-bond donors (Lipinski definition) is 1. The maximum atomic E-state index is 10.8. The second-order valence-electron chi connectivity index (χ2n) is 3.59. The van der Waals surface area contributed by atoms with Crippen LogP contribution in [0, 0.1) is 17.0 Å². The first-order chi connectivity index (χ1) is 8.61. The summed E-state index contributed by atoms with van der Waals surface area (Å²) < 4.78 is 0. The van der Waals surface area contributed by atoms with Crippen LogP contribution >= 0.6 is 0 Å². The van der Waals surface area contributed by atoms with Gasteiger partial charge in [-0.15, -0.1) is 0 Å². The molecule has 0 unspecified atom stereocenters. The van der Waals surface area contributed by atoms with E-state index in [0.29, 0.717) is 16.8 Å². The second kappa shape index (κ2) is 4.56. The third kappa shape index (κ3) is 2.13. The van der Waals surface area contributed by atoms with Crippen molar-refractivity contribution in [2.45, 2.75) is 6.92 Å². The van der Waals surface area contributed by atoms with E-state index < -0.39 is 4.92 Å². The fraction of sp³-hybridized carbons (Fsp3) is 0.100. The van der Waals surface area contributed by atoms with E-state index in [-0.39, 0.29) is 11.5 Å². The first kappa shape index (κ1) is 11.6. The van der Waals surface area contributed by atoms with E-state index >= 15 is 0 Å². The van der Waals surface area contributed by atoms with Gasteiger partial charge in [0.15, 0.2) is 0 Å². The maximum Gasteiger partial charge on any atom is 0.272 e. The summed E-state index contributed by atoms with van der Waals surface area (Å²) in [6, 6.07) is 6.33. The van der Waals surface area contributed by atoms with Gasteiger partial charge in [0.1, 0.15) is 5.82 Å². The zero-order valence-corrected chi connectivity index (χ0v) is 9.36. The first-order valence-corrected chi connectivity index (χ1v) is 4.97. The smallest absolute Gasteiger partial charge is 0.272 e. The molecule has 18 heavy (non-hydrogen) atoms. The van der Waals surface area contributed by atoms with Crippen molar-refractivity contribution in [1.82, 2.24) is 10.2 Å². The monoisotopic (exact) mass is 244 g/mol. The Morgan fingerprint density at radius 2 is 2.28 bits per heavy atom. The lowest BCUT2D eigenvalue weighted by Crippen LogP contribution is -1.92. The standard InChI is InChI=1S/C10H8N6O2/c1-6-2-3-7(4-9(6)16(17)18)8-5-10(13-12-8)14-15-11/h2-5H,1H3,(H,12,13). The van der Waals surface area contributed by atoms with Crippen molar-refractivity contribution in [3.63, 3.8) is 0 Å². The molecule has 0 atom stereocenters. The number of azide groups is 1. The van der Waals surface area contributed by atoms with Gasteiger partial charge in [-0.3, -0.25) is 15.2 Å². The summed E-state index contributed by atoms with van der Waals surface area (Å²) >= 11 is 0. The lowest BCUT2D eigenvalue weighted by molar-refractivity contribution is -0.385. The van der Waals surface area contributed by atoms with Crippen LogP contribution in [-0.4, -0.2) is 15.1 Å². The molecule has 90 valence electrons. The molecular weight excluding hydrogens is 236 g/mol. The van der Waals surface area contributed by atoms with Crippen molar-refractivity contribution >= 4 is 11.5 Å². The Morgan fingerprint density at radius 3 is 2.94 bits per heavy atom. The lowest BCUT2D eigenvalue weighted by Gasteiger charge is -1.99. The topological polar surface area (TPSA) is 121 Å². The van der Waals surface area contributed by atoms with Gasteiger partial charge in [-0.05, 0) is 23.6 Å². The number of H-pyrrole nitrogens is 1. The Bertz CT molecular complexity index is 656. The minimum atomic E-state index is -0.445. The van der Waals surface area contributed by atoms with Crippen LogP contribution in [-0.2, 0) is 0 Å². The van der Waals surface area contributed by atoms with Crippen molar-refractivity contribution in [2.75, 3.05) is 0 Å². The van der Waals surface area contributed by atoms with Crippen molar-refractivity contribution in [3.05, 3.63) is 50.4 Å². The molecule has 0 aliphatic rings. The predicted molar refractivity (Wildman–Crippen MR) is 64.2 cm³/mol. The highest BCUT2D eigenvalue weighted by Gasteiger charge is 2.13. The van der Waals surface area contributed by atoms with Gasteiger partial charge in [0.25, 0.3) is 5.69 Å². The minimum absolute atomic E-state index is 0.0286. The maximum absolute atomic E-state index is 10.8. The molecule has 0 saturated heterocycles. The summed E-state index contributed by atoms with van der Waals surface area (Å²) in [6.07, 6.45) is 0. The minimum Gasteiger partial charge on any atom is -0.275 e. The summed E-state index contributed by atoms with van der Waals surface area (Å²) in [4.78, 5) is 13.0. The Labute approximate surface area is 101 Å². The number of aryl methyl sites for hydroxylation is 1. The lowest BCUT2D eigenvalue weighted by atomic mass is 10.1. The SMILES string of the molecule is Cc1ccc(-c2cc(N=[N+]=[N-])[nH]n2)cc1[N+](=O)[O-]. The highest BCUT2D eigenvalue weighted by molar-refractivity contribution is 5.65. The molecule has 2 rings (SSSR count). The van der Waals surface area contributed by atoms with Gasteiger partial charge in [-0.25, -0.2) is 0 Å². The number of nitrogens with zero attached hydrogens (tertiary/aromatic N) is 5. The zero-order chi connectivity index (χ0) is 13.1. The summed E-state index contributed by atoms with van der Waals surface area (Å²) in [5.41, 5.74) is 9.95.